The Morgan fingerprint density at radius 3 is 2.14 bits per heavy atom. The first-order chi connectivity index (χ1) is 17.4. The molecule has 4 aromatic carbocycles. The number of nitrogens with one attached hydrogen (secondary N) is 2. The summed E-state index contributed by atoms with van der Waals surface area (Å²) in [5, 5.41) is 9.72. The third-order valence-electron chi connectivity index (χ3n) is 5.58. The normalized spacial score (nSPS) is 11.2. The summed E-state index contributed by atoms with van der Waals surface area (Å²) in [6.45, 7) is 0.563. The lowest BCUT2D eigenvalue weighted by Crippen LogP contribution is -2.45. The molecule has 0 radical (unpaired) electrons. The maximum atomic E-state index is 13.4. The van der Waals surface area contributed by atoms with Gasteiger partial charge in [0.2, 0.25) is 10.0 Å². The van der Waals surface area contributed by atoms with Gasteiger partial charge < -0.3 is 11.1 Å². The average Bonchev–Trinajstić information content (AvgIpc) is 2.89. The van der Waals surface area contributed by atoms with Gasteiger partial charge >= 0.3 is 6.03 Å². The minimum atomic E-state index is -4.10. The Balaban J connectivity index is 1.74. The van der Waals surface area contributed by atoms with Crippen LogP contribution in [0.25, 0.3) is 11.1 Å². The summed E-state index contributed by atoms with van der Waals surface area (Å²) < 4.78 is 25.1. The van der Waals surface area contributed by atoms with Crippen molar-refractivity contribution in [2.45, 2.75) is 18.0 Å². The van der Waals surface area contributed by atoms with Crippen molar-refractivity contribution in [3.05, 3.63) is 114 Å². The number of hydrazine groups is 1. The van der Waals surface area contributed by atoms with E-state index in [1.807, 2.05) is 60.7 Å². The van der Waals surface area contributed by atoms with Crippen molar-refractivity contribution < 1.29 is 13.2 Å². The highest BCUT2D eigenvalue weighted by molar-refractivity contribution is 7.89. The van der Waals surface area contributed by atoms with E-state index >= 15 is 0 Å². The maximum absolute atomic E-state index is 13.4. The van der Waals surface area contributed by atoms with Crippen LogP contribution in [-0.2, 0) is 23.1 Å². The van der Waals surface area contributed by atoms with Gasteiger partial charge in [-0.05, 0) is 34.9 Å². The van der Waals surface area contributed by atoms with E-state index < -0.39 is 16.1 Å². The highest BCUT2D eigenvalue weighted by Gasteiger charge is 2.22. The molecule has 0 aliphatic rings. The summed E-state index contributed by atoms with van der Waals surface area (Å²) >= 11 is 0. The van der Waals surface area contributed by atoms with Gasteiger partial charge in [-0.2, -0.15) is 0 Å². The number of sulfonamides is 1. The Hall–Kier alpha value is -4.02. The Kier molecular flexibility index (Phi) is 7.77. The predicted octanol–water partition coefficient (Wildman–Crippen LogP) is 4.20. The summed E-state index contributed by atoms with van der Waals surface area (Å²) in [6, 6.07) is 30.0. The van der Waals surface area contributed by atoms with Crippen molar-refractivity contribution in [2.24, 2.45) is 10.9 Å². The second-order valence-corrected chi connectivity index (χ2v) is 9.57. The van der Waals surface area contributed by atoms with Crippen LogP contribution in [0.1, 0.15) is 11.1 Å². The molecule has 0 aromatic heterocycles. The fourth-order valence-electron chi connectivity index (χ4n) is 3.78. The topological polar surface area (TPSA) is 131 Å². The molecule has 9 heteroatoms. The van der Waals surface area contributed by atoms with E-state index in [1.54, 1.807) is 36.4 Å². The summed E-state index contributed by atoms with van der Waals surface area (Å²) in [7, 11) is -4.10. The van der Waals surface area contributed by atoms with Crippen LogP contribution in [0, 0.1) is 0 Å². The molecule has 4 aromatic rings. The van der Waals surface area contributed by atoms with Crippen molar-refractivity contribution in [3.8, 4) is 11.1 Å². The zero-order chi connectivity index (χ0) is 25.5. The molecule has 0 atom stereocenters. The van der Waals surface area contributed by atoms with E-state index in [0.29, 0.717) is 29.0 Å². The molecule has 0 aliphatic carbocycles. The van der Waals surface area contributed by atoms with Crippen LogP contribution < -0.4 is 26.6 Å². The Morgan fingerprint density at radius 1 is 0.833 bits per heavy atom. The van der Waals surface area contributed by atoms with Gasteiger partial charge in [0.1, 0.15) is 0 Å². The maximum Gasteiger partial charge on any atom is 0.340 e. The molecular weight excluding hydrogens is 474 g/mol. The minimum absolute atomic E-state index is 0.0899. The number of nitrogens with zero attached hydrogens (tertiary/aromatic N) is 1. The van der Waals surface area contributed by atoms with Gasteiger partial charge in [0.25, 0.3) is 0 Å². The van der Waals surface area contributed by atoms with E-state index in [0.717, 1.165) is 11.1 Å². The van der Waals surface area contributed by atoms with Gasteiger partial charge in [0.15, 0.2) is 0 Å². The smallest absolute Gasteiger partial charge is 0.326 e. The first kappa shape index (κ1) is 25.1. The van der Waals surface area contributed by atoms with E-state index in [1.165, 1.54) is 11.1 Å². The molecule has 184 valence electrons. The van der Waals surface area contributed by atoms with Crippen LogP contribution in [0.5, 0.6) is 0 Å². The quantitative estimate of drug-likeness (QED) is 0.269. The van der Waals surface area contributed by atoms with E-state index in [9.17, 15) is 13.2 Å². The number of urea groups is 1. The molecule has 0 spiro atoms. The van der Waals surface area contributed by atoms with Gasteiger partial charge in [-0.1, -0.05) is 84.9 Å². The van der Waals surface area contributed by atoms with Gasteiger partial charge in [-0.15, -0.1) is 0 Å². The SMILES string of the molecule is NCc1ccccc1NC(=O)N(NCc1ccccc1)c1ccc(-c2ccccc2)c(S(N)(=O)=O)c1. The second-order valence-electron chi connectivity index (χ2n) is 8.04. The fourth-order valence-corrected chi connectivity index (χ4v) is 4.56. The van der Waals surface area contributed by atoms with Crippen molar-refractivity contribution >= 4 is 27.4 Å². The van der Waals surface area contributed by atoms with Crippen molar-refractivity contribution in [3.63, 3.8) is 0 Å². The highest BCUT2D eigenvalue weighted by atomic mass is 32.2. The van der Waals surface area contributed by atoms with Gasteiger partial charge in [0, 0.05) is 24.3 Å². The van der Waals surface area contributed by atoms with Gasteiger partial charge in [0.05, 0.1) is 10.6 Å². The highest BCUT2D eigenvalue weighted by Crippen LogP contribution is 2.30. The number of rotatable bonds is 8. The average molecular weight is 502 g/mol. The molecular formula is C27H27N5O3S. The molecule has 2 amide bonds. The Labute approximate surface area is 210 Å². The first-order valence-electron chi connectivity index (χ1n) is 11.3. The fraction of sp³-hybridized carbons (Fsp3) is 0.0741. The second kappa shape index (κ2) is 11.1. The third kappa shape index (κ3) is 5.96. The van der Waals surface area contributed by atoms with E-state index in [4.69, 9.17) is 10.9 Å². The summed E-state index contributed by atoms with van der Waals surface area (Å²) in [5.41, 5.74) is 12.6. The third-order valence-corrected chi connectivity index (χ3v) is 6.53. The molecule has 36 heavy (non-hydrogen) atoms. The summed E-state index contributed by atoms with van der Waals surface area (Å²) in [5.74, 6) is 0. The number of benzene rings is 4. The minimum Gasteiger partial charge on any atom is -0.326 e. The molecule has 8 nitrogen and oxygen atoms in total. The number of para-hydroxylation sites is 1. The predicted molar refractivity (Wildman–Crippen MR) is 142 cm³/mol. The molecule has 0 unspecified atom stereocenters. The largest absolute Gasteiger partial charge is 0.340 e. The zero-order valence-electron chi connectivity index (χ0n) is 19.5. The van der Waals surface area contributed by atoms with E-state index in [2.05, 4.69) is 10.7 Å². The number of primary sulfonamides is 1. The molecule has 0 fully saturated rings. The summed E-state index contributed by atoms with van der Waals surface area (Å²) in [6.07, 6.45) is 0. The van der Waals surface area contributed by atoms with Crippen LogP contribution in [-0.4, -0.2) is 14.4 Å². The van der Waals surface area contributed by atoms with Gasteiger partial charge in [-0.3, -0.25) is 0 Å². The molecule has 4 rings (SSSR count). The molecule has 0 aliphatic heterocycles. The zero-order valence-corrected chi connectivity index (χ0v) is 20.3. The molecule has 0 saturated heterocycles. The number of carbonyl (C=O) groups excluding carboxylic acids is 1. The van der Waals surface area contributed by atoms with Crippen LogP contribution in [0.2, 0.25) is 0 Å². The van der Waals surface area contributed by atoms with Crippen molar-refractivity contribution in [1.29, 1.82) is 0 Å². The standard InChI is InChI=1S/C27H27N5O3S/c28-18-22-13-7-8-14-25(22)31-27(33)32(30-19-20-9-3-1-4-10-20)23-15-16-24(21-11-5-2-6-12-21)26(17-23)36(29,34)35/h1-17,30H,18-19,28H2,(H,31,33)(H2,29,34,35). The molecule has 6 N–H and O–H groups in total. The molecule has 0 heterocycles. The van der Waals surface area contributed by atoms with Crippen molar-refractivity contribution in [1.82, 2.24) is 5.43 Å². The Morgan fingerprint density at radius 2 is 1.47 bits per heavy atom. The monoisotopic (exact) mass is 501 g/mol. The number of carbonyl (C=O) groups is 1. The number of anilines is 2. The number of nitrogens with two attached hydrogens (primary N) is 2. The molecule has 0 bridgehead atoms. The number of hydrogen-bond acceptors (Lipinski definition) is 5. The summed E-state index contributed by atoms with van der Waals surface area (Å²) in [4.78, 5) is 13.4. The first-order valence-corrected chi connectivity index (χ1v) is 12.8. The van der Waals surface area contributed by atoms with Crippen molar-refractivity contribution in [2.75, 3.05) is 10.3 Å². The Bertz CT molecular complexity index is 1440. The molecule has 0 saturated carbocycles. The number of amides is 2. The lowest BCUT2D eigenvalue weighted by atomic mass is 10.1. The number of hydrogen-bond donors (Lipinski definition) is 4. The van der Waals surface area contributed by atoms with E-state index in [-0.39, 0.29) is 11.4 Å². The van der Waals surface area contributed by atoms with Crippen LogP contribution in [0.3, 0.4) is 0 Å². The van der Waals surface area contributed by atoms with Crippen LogP contribution >= 0.6 is 0 Å². The van der Waals surface area contributed by atoms with Crippen LogP contribution in [0.4, 0.5) is 16.2 Å². The van der Waals surface area contributed by atoms with Gasteiger partial charge in [-0.25, -0.2) is 28.8 Å². The lowest BCUT2D eigenvalue weighted by Gasteiger charge is -2.25. The van der Waals surface area contributed by atoms with Crippen LogP contribution in [0.15, 0.2) is 108 Å². The lowest BCUT2D eigenvalue weighted by molar-refractivity contribution is 0.254.